The molecule has 0 unspecified atom stereocenters. The first kappa shape index (κ1) is 15.2. The molecule has 0 atom stereocenters. The van der Waals surface area contributed by atoms with E-state index >= 15 is 0 Å². The summed E-state index contributed by atoms with van der Waals surface area (Å²) in [4.78, 5) is 25.4. The monoisotopic (exact) mass is 290 g/mol. The lowest BCUT2D eigenvalue weighted by molar-refractivity contribution is -0.130. The van der Waals surface area contributed by atoms with Gasteiger partial charge in [-0.2, -0.15) is 0 Å². The molecule has 1 aromatic rings. The van der Waals surface area contributed by atoms with Gasteiger partial charge in [0, 0.05) is 24.7 Å². The first-order valence-electron chi connectivity index (χ1n) is 6.99. The average Bonchev–Trinajstić information content (AvgIpc) is 2.49. The van der Waals surface area contributed by atoms with E-state index < -0.39 is 0 Å². The molecule has 0 spiro atoms. The molecule has 5 heteroatoms. The predicted molar refractivity (Wildman–Crippen MR) is 79.3 cm³/mol. The van der Waals surface area contributed by atoms with Crippen molar-refractivity contribution in [3.8, 4) is 0 Å². The van der Waals surface area contributed by atoms with Crippen LogP contribution in [0.3, 0.4) is 0 Å². The SMILES string of the molecule is C=CC(=O)N1CCC(C(=O)Nc2ccc(F)cc2C)CC1. The molecule has 1 heterocycles. The molecule has 0 aliphatic carbocycles. The number of halogens is 1. The van der Waals surface area contributed by atoms with E-state index in [1.54, 1.807) is 17.9 Å². The minimum Gasteiger partial charge on any atom is -0.339 e. The molecule has 1 fully saturated rings. The van der Waals surface area contributed by atoms with Crippen LogP contribution in [0.25, 0.3) is 0 Å². The number of aryl methyl sites for hydroxylation is 1. The zero-order chi connectivity index (χ0) is 15.4. The van der Waals surface area contributed by atoms with Gasteiger partial charge in [-0.1, -0.05) is 6.58 Å². The second kappa shape index (κ2) is 6.52. The lowest BCUT2D eigenvalue weighted by Crippen LogP contribution is -2.40. The van der Waals surface area contributed by atoms with Gasteiger partial charge < -0.3 is 10.2 Å². The highest BCUT2D eigenvalue weighted by Gasteiger charge is 2.26. The van der Waals surface area contributed by atoms with Crippen molar-refractivity contribution in [2.24, 2.45) is 5.92 Å². The molecule has 1 aliphatic rings. The van der Waals surface area contributed by atoms with Crippen molar-refractivity contribution in [3.05, 3.63) is 42.2 Å². The Hall–Kier alpha value is -2.17. The summed E-state index contributed by atoms with van der Waals surface area (Å²) in [6.07, 6.45) is 2.56. The van der Waals surface area contributed by atoms with Crippen LogP contribution in [0.5, 0.6) is 0 Å². The standard InChI is InChI=1S/C16H19FN2O2/c1-3-15(20)19-8-6-12(7-9-19)16(21)18-14-5-4-13(17)10-11(14)2/h3-5,10,12H,1,6-9H2,2H3,(H,18,21). The smallest absolute Gasteiger partial charge is 0.245 e. The Morgan fingerprint density at radius 2 is 2.05 bits per heavy atom. The fourth-order valence-corrected chi connectivity index (χ4v) is 2.49. The van der Waals surface area contributed by atoms with Crippen molar-refractivity contribution in [2.45, 2.75) is 19.8 Å². The third-order valence-corrected chi connectivity index (χ3v) is 3.80. The number of nitrogens with zero attached hydrogens (tertiary/aromatic N) is 1. The molecule has 0 saturated carbocycles. The minimum absolute atomic E-state index is 0.0737. The lowest BCUT2D eigenvalue weighted by Gasteiger charge is -2.30. The maximum atomic E-state index is 13.0. The van der Waals surface area contributed by atoms with E-state index in [9.17, 15) is 14.0 Å². The van der Waals surface area contributed by atoms with Gasteiger partial charge in [-0.15, -0.1) is 0 Å². The maximum absolute atomic E-state index is 13.0. The maximum Gasteiger partial charge on any atom is 0.245 e. The number of carbonyl (C=O) groups is 2. The lowest BCUT2D eigenvalue weighted by atomic mass is 9.95. The number of hydrogen-bond donors (Lipinski definition) is 1. The summed E-state index contributed by atoms with van der Waals surface area (Å²) in [6.45, 7) is 6.34. The number of anilines is 1. The van der Waals surface area contributed by atoms with Crippen LogP contribution in [0.15, 0.2) is 30.9 Å². The Labute approximate surface area is 123 Å². The summed E-state index contributed by atoms with van der Waals surface area (Å²) in [5.41, 5.74) is 1.33. The number of amides is 2. The van der Waals surface area contributed by atoms with Crippen LogP contribution in [0.1, 0.15) is 18.4 Å². The van der Waals surface area contributed by atoms with Gasteiger partial charge in [0.1, 0.15) is 5.82 Å². The normalized spacial score (nSPS) is 15.6. The van der Waals surface area contributed by atoms with Crippen LogP contribution in [-0.4, -0.2) is 29.8 Å². The van der Waals surface area contributed by atoms with E-state index in [1.807, 2.05) is 0 Å². The fraction of sp³-hybridized carbons (Fsp3) is 0.375. The van der Waals surface area contributed by atoms with Gasteiger partial charge in [-0.3, -0.25) is 9.59 Å². The van der Waals surface area contributed by atoms with Crippen LogP contribution in [0.4, 0.5) is 10.1 Å². The second-order valence-electron chi connectivity index (χ2n) is 5.25. The summed E-state index contributed by atoms with van der Waals surface area (Å²) in [7, 11) is 0. The first-order valence-corrected chi connectivity index (χ1v) is 6.99. The molecule has 4 nitrogen and oxygen atoms in total. The van der Waals surface area contributed by atoms with Crippen molar-refractivity contribution < 1.29 is 14.0 Å². The largest absolute Gasteiger partial charge is 0.339 e. The van der Waals surface area contributed by atoms with Crippen LogP contribution >= 0.6 is 0 Å². The van der Waals surface area contributed by atoms with Crippen molar-refractivity contribution in [1.82, 2.24) is 4.90 Å². The van der Waals surface area contributed by atoms with E-state index in [2.05, 4.69) is 11.9 Å². The zero-order valence-corrected chi connectivity index (χ0v) is 12.1. The molecule has 2 amide bonds. The van der Waals surface area contributed by atoms with Crippen molar-refractivity contribution in [3.63, 3.8) is 0 Å². The zero-order valence-electron chi connectivity index (χ0n) is 12.1. The van der Waals surface area contributed by atoms with Crippen LogP contribution < -0.4 is 5.32 Å². The summed E-state index contributed by atoms with van der Waals surface area (Å²) < 4.78 is 13.0. The highest BCUT2D eigenvalue weighted by Crippen LogP contribution is 2.21. The van der Waals surface area contributed by atoms with Crippen LogP contribution in [-0.2, 0) is 9.59 Å². The quantitative estimate of drug-likeness (QED) is 0.870. The van der Waals surface area contributed by atoms with Crippen molar-refractivity contribution >= 4 is 17.5 Å². The van der Waals surface area contributed by atoms with Gasteiger partial charge >= 0.3 is 0 Å². The molecule has 21 heavy (non-hydrogen) atoms. The molecule has 1 aromatic carbocycles. The number of rotatable bonds is 3. The highest BCUT2D eigenvalue weighted by atomic mass is 19.1. The van der Waals surface area contributed by atoms with Crippen LogP contribution in [0, 0.1) is 18.7 Å². The number of carbonyl (C=O) groups excluding carboxylic acids is 2. The fourth-order valence-electron chi connectivity index (χ4n) is 2.49. The molecule has 0 radical (unpaired) electrons. The van der Waals surface area contributed by atoms with E-state index in [0.29, 0.717) is 37.2 Å². The number of hydrogen-bond acceptors (Lipinski definition) is 2. The molecule has 0 bridgehead atoms. The van der Waals surface area contributed by atoms with E-state index in [4.69, 9.17) is 0 Å². The molecule has 1 aliphatic heterocycles. The average molecular weight is 290 g/mol. The molecule has 1 saturated heterocycles. The van der Waals surface area contributed by atoms with Gasteiger partial charge in [-0.25, -0.2) is 4.39 Å². The number of nitrogens with one attached hydrogen (secondary N) is 1. The molecular formula is C16H19FN2O2. The van der Waals surface area contributed by atoms with Crippen molar-refractivity contribution in [1.29, 1.82) is 0 Å². The van der Waals surface area contributed by atoms with Gasteiger partial charge in [0.25, 0.3) is 0 Å². The summed E-state index contributed by atoms with van der Waals surface area (Å²) in [5, 5.41) is 2.84. The Morgan fingerprint density at radius 3 is 2.62 bits per heavy atom. The highest BCUT2D eigenvalue weighted by molar-refractivity contribution is 5.93. The van der Waals surface area contributed by atoms with E-state index in [-0.39, 0.29) is 23.5 Å². The van der Waals surface area contributed by atoms with Crippen molar-refractivity contribution in [2.75, 3.05) is 18.4 Å². The summed E-state index contributed by atoms with van der Waals surface area (Å²) >= 11 is 0. The first-order chi connectivity index (χ1) is 10.0. The second-order valence-corrected chi connectivity index (χ2v) is 5.25. The third-order valence-electron chi connectivity index (χ3n) is 3.80. The third kappa shape index (κ3) is 3.68. The Morgan fingerprint density at radius 1 is 1.38 bits per heavy atom. The summed E-state index contributed by atoms with van der Waals surface area (Å²) in [6, 6.07) is 4.29. The van der Waals surface area contributed by atoms with Gasteiger partial charge in [0.2, 0.25) is 11.8 Å². The molecule has 112 valence electrons. The summed E-state index contributed by atoms with van der Waals surface area (Å²) in [5.74, 6) is -0.608. The van der Waals surface area contributed by atoms with E-state index in [1.165, 1.54) is 18.2 Å². The number of likely N-dealkylation sites (tertiary alicyclic amines) is 1. The molecule has 1 N–H and O–H groups in total. The van der Waals surface area contributed by atoms with Gasteiger partial charge in [-0.05, 0) is 49.6 Å². The topological polar surface area (TPSA) is 49.4 Å². The van der Waals surface area contributed by atoms with E-state index in [0.717, 1.165) is 0 Å². The number of benzene rings is 1. The van der Waals surface area contributed by atoms with Gasteiger partial charge in [0.05, 0.1) is 0 Å². The Balaban J connectivity index is 1.93. The Bertz CT molecular complexity index is 563. The van der Waals surface area contributed by atoms with Crippen LogP contribution in [0.2, 0.25) is 0 Å². The predicted octanol–water partition coefficient (Wildman–Crippen LogP) is 2.50. The minimum atomic E-state index is -0.318. The molecular weight excluding hydrogens is 271 g/mol. The molecule has 0 aromatic heterocycles. The Kier molecular flexibility index (Phi) is 4.73. The number of piperidine rings is 1. The van der Waals surface area contributed by atoms with Gasteiger partial charge in [0.15, 0.2) is 0 Å². The molecule has 2 rings (SSSR count).